The van der Waals surface area contributed by atoms with Gasteiger partial charge in [0.15, 0.2) is 0 Å². The fraction of sp³-hybridized carbons (Fsp3) is 0.647. The topological polar surface area (TPSA) is 41.7 Å². The van der Waals surface area contributed by atoms with Crippen molar-refractivity contribution >= 4 is 0 Å². The lowest BCUT2D eigenvalue weighted by molar-refractivity contribution is 0.232. The maximum absolute atomic E-state index is 5.74. The second kappa shape index (κ2) is 8.37. The van der Waals surface area contributed by atoms with E-state index in [1.54, 1.807) is 7.11 Å². The molecule has 1 aromatic rings. The van der Waals surface area contributed by atoms with Crippen molar-refractivity contribution in [3.05, 3.63) is 29.8 Å². The molecule has 21 heavy (non-hydrogen) atoms. The molecule has 0 amide bonds. The Morgan fingerprint density at radius 3 is 2.71 bits per heavy atom. The quantitative estimate of drug-likeness (QED) is 0.868. The van der Waals surface area contributed by atoms with Gasteiger partial charge < -0.3 is 15.4 Å². The standard InChI is InChI=1S/C17H29N3O/c1-15(12-18)13-19-7-4-8-20(10-9-19)14-16-5-3-6-17(11-16)21-2/h3,5-6,11,15H,4,7-10,12-14,18H2,1-2H3. The highest BCUT2D eigenvalue weighted by Crippen LogP contribution is 2.15. The SMILES string of the molecule is COc1cccc(CN2CCCN(CC(C)CN)CC2)c1. The van der Waals surface area contributed by atoms with E-state index in [2.05, 4.69) is 34.9 Å². The van der Waals surface area contributed by atoms with Crippen LogP contribution in [0.5, 0.6) is 5.75 Å². The minimum atomic E-state index is 0.593. The summed E-state index contributed by atoms with van der Waals surface area (Å²) in [6.07, 6.45) is 1.24. The van der Waals surface area contributed by atoms with Gasteiger partial charge in [0.25, 0.3) is 0 Å². The zero-order valence-corrected chi connectivity index (χ0v) is 13.4. The summed E-state index contributed by atoms with van der Waals surface area (Å²) in [5.41, 5.74) is 7.07. The van der Waals surface area contributed by atoms with E-state index in [0.717, 1.165) is 38.5 Å². The van der Waals surface area contributed by atoms with Crippen molar-refractivity contribution in [1.82, 2.24) is 9.80 Å². The Hall–Kier alpha value is -1.10. The van der Waals surface area contributed by atoms with Crippen LogP contribution in [-0.2, 0) is 6.54 Å². The van der Waals surface area contributed by atoms with E-state index in [0.29, 0.717) is 5.92 Å². The van der Waals surface area contributed by atoms with Gasteiger partial charge in [-0.1, -0.05) is 19.1 Å². The van der Waals surface area contributed by atoms with Gasteiger partial charge in [-0.05, 0) is 49.7 Å². The smallest absolute Gasteiger partial charge is 0.119 e. The highest BCUT2D eigenvalue weighted by Gasteiger charge is 2.16. The summed E-state index contributed by atoms with van der Waals surface area (Å²) in [5.74, 6) is 1.54. The molecule has 0 spiro atoms. The molecule has 1 unspecified atom stereocenters. The zero-order valence-electron chi connectivity index (χ0n) is 13.4. The Bertz CT molecular complexity index is 424. The third kappa shape index (κ3) is 5.30. The van der Waals surface area contributed by atoms with Gasteiger partial charge in [0.05, 0.1) is 7.11 Å². The van der Waals surface area contributed by atoms with Gasteiger partial charge in [-0.3, -0.25) is 4.90 Å². The molecule has 1 aliphatic rings. The van der Waals surface area contributed by atoms with Gasteiger partial charge in [-0.15, -0.1) is 0 Å². The van der Waals surface area contributed by atoms with Crippen LogP contribution in [0.3, 0.4) is 0 Å². The molecule has 0 radical (unpaired) electrons. The molecule has 1 saturated heterocycles. The lowest BCUT2D eigenvalue weighted by Crippen LogP contribution is -2.35. The Morgan fingerprint density at radius 2 is 1.95 bits per heavy atom. The molecule has 0 saturated carbocycles. The van der Waals surface area contributed by atoms with Crippen LogP contribution in [0.4, 0.5) is 0 Å². The second-order valence-corrected chi connectivity index (χ2v) is 6.12. The van der Waals surface area contributed by atoms with E-state index in [-0.39, 0.29) is 0 Å². The summed E-state index contributed by atoms with van der Waals surface area (Å²) in [7, 11) is 1.72. The molecule has 1 fully saturated rings. The van der Waals surface area contributed by atoms with E-state index in [1.807, 2.05) is 6.07 Å². The number of ether oxygens (including phenoxy) is 1. The molecule has 1 aliphatic heterocycles. The Labute approximate surface area is 128 Å². The summed E-state index contributed by atoms with van der Waals surface area (Å²) in [5, 5.41) is 0. The fourth-order valence-corrected chi connectivity index (χ4v) is 2.91. The van der Waals surface area contributed by atoms with E-state index >= 15 is 0 Å². The Kier molecular flexibility index (Phi) is 6.49. The van der Waals surface area contributed by atoms with Crippen molar-refractivity contribution in [3.63, 3.8) is 0 Å². The number of nitrogens with two attached hydrogens (primary N) is 1. The van der Waals surface area contributed by atoms with Crippen LogP contribution >= 0.6 is 0 Å². The maximum Gasteiger partial charge on any atom is 0.119 e. The van der Waals surface area contributed by atoms with Crippen LogP contribution in [0.25, 0.3) is 0 Å². The molecule has 2 rings (SSSR count). The molecule has 1 heterocycles. The third-order valence-corrected chi connectivity index (χ3v) is 4.19. The first-order valence-corrected chi connectivity index (χ1v) is 7.99. The first kappa shape index (κ1) is 16.3. The van der Waals surface area contributed by atoms with Crippen LogP contribution in [0.1, 0.15) is 18.9 Å². The number of hydrogen-bond acceptors (Lipinski definition) is 4. The molecule has 4 heteroatoms. The lowest BCUT2D eigenvalue weighted by Gasteiger charge is -2.24. The maximum atomic E-state index is 5.74. The minimum absolute atomic E-state index is 0.593. The summed E-state index contributed by atoms with van der Waals surface area (Å²) in [6.45, 7) is 9.80. The number of rotatable bonds is 6. The van der Waals surface area contributed by atoms with Crippen LogP contribution in [-0.4, -0.2) is 56.2 Å². The fourth-order valence-electron chi connectivity index (χ4n) is 2.91. The predicted molar refractivity (Wildman–Crippen MR) is 87.5 cm³/mol. The first-order valence-electron chi connectivity index (χ1n) is 7.99. The third-order valence-electron chi connectivity index (χ3n) is 4.19. The van der Waals surface area contributed by atoms with Gasteiger partial charge in [0.1, 0.15) is 5.75 Å². The van der Waals surface area contributed by atoms with Gasteiger partial charge in [0, 0.05) is 26.2 Å². The number of benzene rings is 1. The van der Waals surface area contributed by atoms with Crippen molar-refractivity contribution in [1.29, 1.82) is 0 Å². The Balaban J connectivity index is 1.85. The molecular formula is C17H29N3O. The van der Waals surface area contributed by atoms with E-state index in [4.69, 9.17) is 10.5 Å². The summed E-state index contributed by atoms with van der Waals surface area (Å²) in [4.78, 5) is 5.10. The van der Waals surface area contributed by atoms with E-state index < -0.39 is 0 Å². The van der Waals surface area contributed by atoms with E-state index in [1.165, 1.54) is 25.1 Å². The molecule has 1 aromatic carbocycles. The molecule has 2 N–H and O–H groups in total. The van der Waals surface area contributed by atoms with Gasteiger partial charge in [0.2, 0.25) is 0 Å². The zero-order chi connectivity index (χ0) is 15.1. The van der Waals surface area contributed by atoms with Gasteiger partial charge in [-0.25, -0.2) is 0 Å². The molecule has 1 atom stereocenters. The summed E-state index contributed by atoms with van der Waals surface area (Å²) >= 11 is 0. The molecule has 0 aromatic heterocycles. The molecule has 4 nitrogen and oxygen atoms in total. The molecule has 0 bridgehead atoms. The highest BCUT2D eigenvalue weighted by atomic mass is 16.5. The summed E-state index contributed by atoms with van der Waals surface area (Å²) < 4.78 is 5.30. The van der Waals surface area contributed by atoms with Crippen molar-refractivity contribution < 1.29 is 4.74 Å². The van der Waals surface area contributed by atoms with Crippen molar-refractivity contribution in [3.8, 4) is 5.75 Å². The normalized spacial score (nSPS) is 19.2. The number of nitrogens with zero attached hydrogens (tertiary/aromatic N) is 2. The van der Waals surface area contributed by atoms with Gasteiger partial charge >= 0.3 is 0 Å². The van der Waals surface area contributed by atoms with Crippen molar-refractivity contribution in [2.45, 2.75) is 19.9 Å². The lowest BCUT2D eigenvalue weighted by atomic mass is 10.1. The minimum Gasteiger partial charge on any atom is -0.497 e. The highest BCUT2D eigenvalue weighted by molar-refractivity contribution is 5.28. The number of hydrogen-bond donors (Lipinski definition) is 1. The van der Waals surface area contributed by atoms with Gasteiger partial charge in [-0.2, -0.15) is 0 Å². The first-order chi connectivity index (χ1) is 10.2. The van der Waals surface area contributed by atoms with Crippen molar-refractivity contribution in [2.75, 3.05) is 46.4 Å². The molecular weight excluding hydrogens is 262 g/mol. The average Bonchev–Trinajstić information content (AvgIpc) is 2.73. The van der Waals surface area contributed by atoms with Crippen LogP contribution < -0.4 is 10.5 Å². The Morgan fingerprint density at radius 1 is 1.19 bits per heavy atom. The van der Waals surface area contributed by atoms with Crippen LogP contribution in [0.15, 0.2) is 24.3 Å². The van der Waals surface area contributed by atoms with Crippen LogP contribution in [0.2, 0.25) is 0 Å². The predicted octanol–water partition coefficient (Wildman–Crippen LogP) is 1.80. The molecule has 0 aliphatic carbocycles. The monoisotopic (exact) mass is 291 g/mol. The summed E-state index contributed by atoms with van der Waals surface area (Å²) in [6, 6.07) is 8.39. The second-order valence-electron chi connectivity index (χ2n) is 6.12. The van der Waals surface area contributed by atoms with Crippen molar-refractivity contribution in [2.24, 2.45) is 11.7 Å². The number of methoxy groups -OCH3 is 1. The van der Waals surface area contributed by atoms with Crippen LogP contribution in [0, 0.1) is 5.92 Å². The average molecular weight is 291 g/mol. The largest absolute Gasteiger partial charge is 0.497 e. The van der Waals surface area contributed by atoms with E-state index in [9.17, 15) is 0 Å². The molecule has 118 valence electrons.